The monoisotopic (exact) mass is 234 g/mol. The molecule has 2 atom stereocenters. The molecule has 1 nitrogen and oxygen atoms in total. The lowest BCUT2D eigenvalue weighted by atomic mass is 10.3. The fourth-order valence-corrected chi connectivity index (χ4v) is 0.851. The van der Waals surface area contributed by atoms with Crippen LogP contribution in [0.3, 0.4) is 0 Å². The van der Waals surface area contributed by atoms with E-state index < -0.39 is 17.0 Å². The highest BCUT2D eigenvalue weighted by Gasteiger charge is 2.51. The van der Waals surface area contributed by atoms with Crippen molar-refractivity contribution in [1.82, 2.24) is 0 Å². The van der Waals surface area contributed by atoms with Crippen LogP contribution in [0.15, 0.2) is 12.2 Å². The lowest BCUT2D eigenvalue weighted by Gasteiger charge is -2.19. The van der Waals surface area contributed by atoms with E-state index in [-0.39, 0.29) is 6.08 Å². The van der Waals surface area contributed by atoms with Gasteiger partial charge in [0, 0.05) is 6.08 Å². The fraction of sp³-hybridized carbons (Fsp3) is 0.600. The first-order chi connectivity index (χ1) is 4.86. The summed E-state index contributed by atoms with van der Waals surface area (Å²) in [6, 6.07) is 0. The SMILES string of the molecule is F[C@H](Br)[C@@]1(F)C=CC(F)(F)O1. The zero-order valence-corrected chi connectivity index (χ0v) is 6.62. The zero-order valence-electron chi connectivity index (χ0n) is 5.03. The van der Waals surface area contributed by atoms with E-state index in [1.165, 1.54) is 0 Å². The number of rotatable bonds is 1. The van der Waals surface area contributed by atoms with Gasteiger partial charge in [-0.25, -0.2) is 8.78 Å². The maximum absolute atomic E-state index is 12.7. The summed E-state index contributed by atoms with van der Waals surface area (Å²) in [4.78, 5) is 0. The number of alkyl halides is 5. The highest BCUT2D eigenvalue weighted by molar-refractivity contribution is 9.09. The van der Waals surface area contributed by atoms with E-state index in [1.54, 1.807) is 0 Å². The van der Waals surface area contributed by atoms with Crippen molar-refractivity contribution in [2.45, 2.75) is 17.0 Å². The van der Waals surface area contributed by atoms with Crippen LogP contribution in [-0.2, 0) is 4.74 Å². The topological polar surface area (TPSA) is 9.23 Å². The Hall–Kier alpha value is -0.100. The van der Waals surface area contributed by atoms with Gasteiger partial charge in [0.1, 0.15) is 0 Å². The van der Waals surface area contributed by atoms with Gasteiger partial charge in [0.05, 0.1) is 0 Å². The molecule has 0 aliphatic carbocycles. The molecule has 0 spiro atoms. The van der Waals surface area contributed by atoms with Crippen LogP contribution in [0.5, 0.6) is 0 Å². The van der Waals surface area contributed by atoms with Gasteiger partial charge in [0.2, 0.25) is 5.08 Å². The van der Waals surface area contributed by atoms with Crippen molar-refractivity contribution in [3.63, 3.8) is 0 Å². The zero-order chi connectivity index (χ0) is 8.70. The molecule has 0 radical (unpaired) electrons. The summed E-state index contributed by atoms with van der Waals surface area (Å²) in [6.45, 7) is 0. The summed E-state index contributed by atoms with van der Waals surface area (Å²) in [5.74, 6) is -3.05. The van der Waals surface area contributed by atoms with Crippen molar-refractivity contribution in [3.8, 4) is 0 Å². The number of halogens is 5. The molecule has 6 heteroatoms. The number of hydrogen-bond donors (Lipinski definition) is 0. The van der Waals surface area contributed by atoms with Crippen molar-refractivity contribution in [3.05, 3.63) is 12.2 Å². The summed E-state index contributed by atoms with van der Waals surface area (Å²) in [6.07, 6.45) is -3.21. The largest absolute Gasteiger partial charge is 0.379 e. The molecule has 0 unspecified atom stereocenters. The highest BCUT2D eigenvalue weighted by Crippen LogP contribution is 2.39. The molecule has 1 rings (SSSR count). The summed E-state index contributed by atoms with van der Waals surface area (Å²) in [5, 5.41) is -2.29. The fourth-order valence-electron chi connectivity index (χ4n) is 0.605. The molecule has 0 aromatic carbocycles. The van der Waals surface area contributed by atoms with Crippen LogP contribution in [0.2, 0.25) is 0 Å². The van der Waals surface area contributed by atoms with Crippen LogP contribution in [0, 0.1) is 0 Å². The van der Waals surface area contributed by atoms with Crippen LogP contribution < -0.4 is 0 Å². The Kier molecular flexibility index (Phi) is 2.00. The Balaban J connectivity index is 2.76. The van der Waals surface area contributed by atoms with Gasteiger partial charge < -0.3 is 0 Å². The van der Waals surface area contributed by atoms with Gasteiger partial charge in [0.25, 0.3) is 5.85 Å². The molecule has 0 N–H and O–H groups in total. The molecule has 0 aromatic heterocycles. The van der Waals surface area contributed by atoms with Gasteiger partial charge in [-0.15, -0.1) is 0 Å². The Labute approximate surface area is 68.1 Å². The van der Waals surface area contributed by atoms with Gasteiger partial charge in [-0.2, -0.15) is 8.78 Å². The Bertz CT molecular complexity index is 193. The molecule has 1 aliphatic heterocycles. The minimum absolute atomic E-state index is 0.167. The van der Waals surface area contributed by atoms with Crippen molar-refractivity contribution in [2.24, 2.45) is 0 Å². The van der Waals surface area contributed by atoms with E-state index in [9.17, 15) is 17.6 Å². The highest BCUT2D eigenvalue weighted by atomic mass is 79.9. The predicted molar refractivity (Wildman–Crippen MR) is 32.8 cm³/mol. The van der Waals surface area contributed by atoms with Crippen LogP contribution in [-0.4, -0.2) is 17.0 Å². The maximum Gasteiger partial charge on any atom is 0.379 e. The quantitative estimate of drug-likeness (QED) is 0.385. The first-order valence-corrected chi connectivity index (χ1v) is 3.53. The molecule has 1 heterocycles. The molecule has 64 valence electrons. The van der Waals surface area contributed by atoms with Crippen molar-refractivity contribution < 1.29 is 22.3 Å². The van der Waals surface area contributed by atoms with Gasteiger partial charge >= 0.3 is 6.11 Å². The Morgan fingerprint density at radius 1 is 1.27 bits per heavy atom. The average molecular weight is 235 g/mol. The van der Waals surface area contributed by atoms with Crippen LogP contribution in [0.1, 0.15) is 0 Å². The smallest absolute Gasteiger partial charge is 0.272 e. The molecule has 0 amide bonds. The van der Waals surface area contributed by atoms with Crippen LogP contribution in [0.25, 0.3) is 0 Å². The van der Waals surface area contributed by atoms with E-state index in [2.05, 4.69) is 20.7 Å². The van der Waals surface area contributed by atoms with E-state index in [0.29, 0.717) is 6.08 Å². The predicted octanol–water partition coefficient (Wildman–Crippen LogP) is 2.52. The summed E-state index contributed by atoms with van der Waals surface area (Å²) in [5.41, 5.74) is 0. The van der Waals surface area contributed by atoms with Gasteiger partial charge in [-0.1, -0.05) is 0 Å². The lowest BCUT2D eigenvalue weighted by Crippen LogP contribution is -2.33. The first-order valence-electron chi connectivity index (χ1n) is 2.61. The molecule has 0 bridgehead atoms. The second kappa shape index (κ2) is 2.45. The van der Waals surface area contributed by atoms with E-state index in [0.717, 1.165) is 0 Å². The minimum atomic E-state index is -3.72. The Morgan fingerprint density at radius 2 is 1.82 bits per heavy atom. The molecule has 0 fully saturated rings. The van der Waals surface area contributed by atoms with E-state index >= 15 is 0 Å². The van der Waals surface area contributed by atoms with Gasteiger partial charge in [-0.3, -0.25) is 4.74 Å². The van der Waals surface area contributed by atoms with Crippen molar-refractivity contribution in [2.75, 3.05) is 0 Å². The maximum atomic E-state index is 12.7. The second-order valence-corrected chi connectivity index (χ2v) is 2.80. The van der Waals surface area contributed by atoms with E-state index in [4.69, 9.17) is 0 Å². The van der Waals surface area contributed by atoms with Crippen molar-refractivity contribution >= 4 is 15.9 Å². The second-order valence-electron chi connectivity index (χ2n) is 2.00. The van der Waals surface area contributed by atoms with Crippen LogP contribution >= 0.6 is 15.9 Å². The van der Waals surface area contributed by atoms with E-state index in [1.807, 2.05) is 0 Å². The first kappa shape index (κ1) is 8.99. The standard InChI is InChI=1S/C5H3BrF4O/c6-3(7)4(8)1-2-5(9,10)11-4/h1-3H/t3-,4+/m0/s1. The lowest BCUT2D eigenvalue weighted by molar-refractivity contribution is -0.278. The van der Waals surface area contributed by atoms with Crippen molar-refractivity contribution in [1.29, 1.82) is 0 Å². The molecule has 0 aromatic rings. The molecule has 1 aliphatic rings. The summed E-state index contributed by atoms with van der Waals surface area (Å²) < 4.78 is 52.5. The summed E-state index contributed by atoms with van der Waals surface area (Å²) >= 11 is 2.16. The van der Waals surface area contributed by atoms with Gasteiger partial charge in [0.15, 0.2) is 0 Å². The van der Waals surface area contributed by atoms with Crippen LogP contribution in [0.4, 0.5) is 17.6 Å². The third kappa shape index (κ3) is 1.73. The average Bonchev–Trinajstić information content (AvgIpc) is 2.08. The normalized spacial score (nSPS) is 37.5. The molecule has 11 heavy (non-hydrogen) atoms. The molecule has 0 saturated heterocycles. The molecular weight excluding hydrogens is 232 g/mol. The Morgan fingerprint density at radius 3 is 2.00 bits per heavy atom. The third-order valence-corrected chi connectivity index (χ3v) is 1.72. The molecular formula is C5H3BrF4O. The third-order valence-electron chi connectivity index (χ3n) is 1.09. The van der Waals surface area contributed by atoms with Gasteiger partial charge in [-0.05, 0) is 22.0 Å². The number of hydrogen-bond acceptors (Lipinski definition) is 1. The summed E-state index contributed by atoms with van der Waals surface area (Å²) in [7, 11) is 0. The number of ether oxygens (including phenoxy) is 1. The minimum Gasteiger partial charge on any atom is -0.272 e. The molecule has 0 saturated carbocycles.